The van der Waals surface area contributed by atoms with Crippen LogP contribution < -0.4 is 0 Å². The molecule has 0 aliphatic rings. The third kappa shape index (κ3) is 3.75. The van der Waals surface area contributed by atoms with Crippen LogP contribution in [0, 0.1) is 6.07 Å². The molecule has 0 radical (unpaired) electrons. The fraction of sp³-hybridized carbons (Fsp3) is 0. The Morgan fingerprint density at radius 3 is 2.60 bits per heavy atom. The monoisotopic (exact) mass is 133 g/mol. The average molecular weight is 132 g/mol. The second-order valence-corrected chi connectivity index (χ2v) is 0.808. The van der Waals surface area contributed by atoms with Gasteiger partial charge in [0.1, 0.15) is 0 Å². The maximum atomic E-state index is 3.36. The van der Waals surface area contributed by atoms with E-state index in [2.05, 4.69) is 32.7 Å². The van der Waals surface area contributed by atoms with Gasteiger partial charge in [-0.3, -0.25) is 0 Å². The minimum atomic E-state index is 1.48. The van der Waals surface area contributed by atoms with Crippen LogP contribution in [0.3, 0.4) is 0 Å². The molecule has 0 heterocycles. The zero-order chi connectivity index (χ0) is 4.12. The van der Waals surface area contributed by atoms with E-state index in [1.54, 1.807) is 0 Å². The van der Waals surface area contributed by atoms with Gasteiger partial charge in [0, 0.05) is 0 Å². The van der Waals surface area contributed by atoms with Crippen LogP contribution in [0.4, 0.5) is 0 Å². The molecule has 0 saturated carbocycles. The Kier molecular flexibility index (Phi) is 3.56. The second kappa shape index (κ2) is 3.75. The third-order valence-electron chi connectivity index (χ3n) is 0.144. The van der Waals surface area contributed by atoms with Crippen molar-refractivity contribution in [3.05, 3.63) is 16.5 Å². The molecular formula is C3H3NSe. The first kappa shape index (κ1) is 4.75. The van der Waals surface area contributed by atoms with Crippen LogP contribution in [0.5, 0.6) is 0 Å². The van der Waals surface area contributed by atoms with Crippen LogP contribution >= 0.6 is 0 Å². The Morgan fingerprint density at radius 2 is 2.60 bits per heavy atom. The molecule has 26 valence electrons. The van der Waals surface area contributed by atoms with Gasteiger partial charge in [0.15, 0.2) is 0 Å². The summed E-state index contributed by atoms with van der Waals surface area (Å²) in [6, 6.07) is 2.44. The number of allylic oxidation sites excluding steroid dienone is 1. The van der Waals surface area contributed by atoms with E-state index in [9.17, 15) is 0 Å². The summed E-state index contributed by atoms with van der Waals surface area (Å²) in [5, 5.41) is 0. The van der Waals surface area contributed by atoms with E-state index in [0.717, 1.165) is 0 Å². The molecule has 0 saturated heterocycles. The second-order valence-electron chi connectivity index (χ2n) is 0.425. The van der Waals surface area contributed by atoms with Crippen molar-refractivity contribution < 1.29 is 0 Å². The Balaban J connectivity index is 3.16. The molecule has 1 nitrogen and oxygen atoms in total. The van der Waals surface area contributed by atoms with Gasteiger partial charge in [0.25, 0.3) is 0 Å². The zero-order valence-corrected chi connectivity index (χ0v) is 4.35. The van der Waals surface area contributed by atoms with E-state index in [-0.39, 0.29) is 0 Å². The van der Waals surface area contributed by atoms with Crippen molar-refractivity contribution in [1.29, 1.82) is 0 Å². The Bertz CT molecular complexity index is 76.6. The standard InChI is InChI=1S/C3H3NSe/c1-2-3-4-5/h2H,1H2. The number of nitrogens with zero attached hydrogens (tertiary/aromatic N) is 1. The van der Waals surface area contributed by atoms with Crippen molar-refractivity contribution >= 4 is 16.2 Å². The van der Waals surface area contributed by atoms with E-state index in [0.29, 0.717) is 0 Å². The molecule has 0 spiro atoms. The summed E-state index contributed by atoms with van der Waals surface area (Å²) < 4.78 is 3.36. The van der Waals surface area contributed by atoms with Gasteiger partial charge in [-0.1, -0.05) is 0 Å². The molecule has 0 aromatic carbocycles. The number of hydrogen-bond donors (Lipinski definition) is 0. The van der Waals surface area contributed by atoms with Gasteiger partial charge in [-0.2, -0.15) is 0 Å². The van der Waals surface area contributed by atoms with Crippen LogP contribution in [0.25, 0.3) is 3.86 Å². The summed E-state index contributed by atoms with van der Waals surface area (Å²) in [5.74, 6) is 0. The quantitative estimate of drug-likeness (QED) is 0.335. The van der Waals surface area contributed by atoms with Crippen LogP contribution in [0.15, 0.2) is 12.7 Å². The van der Waals surface area contributed by atoms with Crippen LogP contribution in [0.1, 0.15) is 0 Å². The number of hydrogen-bond acceptors (Lipinski definition) is 0. The van der Waals surface area contributed by atoms with Crippen molar-refractivity contribution in [1.82, 2.24) is 0 Å². The summed E-state index contributed by atoms with van der Waals surface area (Å²) in [6.07, 6.45) is 1.48. The SMILES string of the molecule is C=CC#[N+][Se-]. The molecule has 0 fully saturated rings. The molecule has 0 aromatic heterocycles. The van der Waals surface area contributed by atoms with Gasteiger partial charge >= 0.3 is 38.8 Å². The van der Waals surface area contributed by atoms with E-state index >= 15 is 0 Å². The molecule has 0 N–H and O–H groups in total. The normalized spacial score (nSPS) is 4.00. The molecular weight excluding hydrogens is 129 g/mol. The summed E-state index contributed by atoms with van der Waals surface area (Å²) in [7, 11) is 0. The predicted molar refractivity (Wildman–Crippen MR) is 23.2 cm³/mol. The number of rotatable bonds is 0. The van der Waals surface area contributed by atoms with E-state index in [1.807, 2.05) is 0 Å². The molecule has 0 aliphatic carbocycles. The third-order valence-corrected chi connectivity index (χ3v) is 0.365. The first-order valence-electron chi connectivity index (χ1n) is 1.10. The first-order chi connectivity index (χ1) is 2.41. The molecule has 0 aromatic rings. The van der Waals surface area contributed by atoms with Crippen molar-refractivity contribution in [2.24, 2.45) is 0 Å². The molecule has 0 unspecified atom stereocenters. The van der Waals surface area contributed by atoms with Gasteiger partial charge in [-0.05, 0) is 0 Å². The van der Waals surface area contributed by atoms with Crippen molar-refractivity contribution in [3.63, 3.8) is 0 Å². The fourth-order valence-electron chi connectivity index (χ4n) is 0.0373. The summed E-state index contributed by atoms with van der Waals surface area (Å²) in [6.45, 7) is 3.33. The Morgan fingerprint density at radius 1 is 2.00 bits per heavy atom. The summed E-state index contributed by atoms with van der Waals surface area (Å²) in [4.78, 5) is 0. The minimum absolute atomic E-state index is 1.48. The van der Waals surface area contributed by atoms with Crippen LogP contribution in [-0.2, 0) is 0 Å². The summed E-state index contributed by atoms with van der Waals surface area (Å²) in [5.41, 5.74) is 0. The molecule has 0 atom stereocenters. The van der Waals surface area contributed by atoms with Gasteiger partial charge in [0.05, 0.1) is 0 Å². The first-order valence-corrected chi connectivity index (χ1v) is 1.87. The molecule has 2 heteroatoms. The Hall–Kier alpha value is -0.251. The molecule has 5 heavy (non-hydrogen) atoms. The van der Waals surface area contributed by atoms with Crippen molar-refractivity contribution in [3.8, 4) is 6.07 Å². The Labute approximate surface area is 39.5 Å². The fourth-order valence-corrected chi connectivity index (χ4v) is 0.194. The average Bonchev–Trinajstić information content (AvgIpc) is 1.41. The van der Waals surface area contributed by atoms with E-state index in [4.69, 9.17) is 0 Å². The zero-order valence-electron chi connectivity index (χ0n) is 2.64. The van der Waals surface area contributed by atoms with Gasteiger partial charge in [0.2, 0.25) is 0 Å². The maximum absolute atomic E-state index is 3.36. The predicted octanol–water partition coefficient (Wildman–Crippen LogP) is 0.589. The van der Waals surface area contributed by atoms with Crippen molar-refractivity contribution in [2.75, 3.05) is 0 Å². The van der Waals surface area contributed by atoms with Crippen LogP contribution in [0.2, 0.25) is 0 Å². The van der Waals surface area contributed by atoms with Gasteiger partial charge < -0.3 is 0 Å². The van der Waals surface area contributed by atoms with E-state index in [1.165, 1.54) is 6.08 Å². The van der Waals surface area contributed by atoms with Crippen LogP contribution in [-0.4, -0.2) is 16.2 Å². The van der Waals surface area contributed by atoms with Gasteiger partial charge in [-0.25, -0.2) is 0 Å². The molecule has 0 bridgehead atoms. The van der Waals surface area contributed by atoms with E-state index < -0.39 is 0 Å². The van der Waals surface area contributed by atoms with Crippen molar-refractivity contribution in [2.45, 2.75) is 0 Å². The molecule has 0 rings (SSSR count). The molecule has 0 aliphatic heterocycles. The molecule has 0 amide bonds. The van der Waals surface area contributed by atoms with Gasteiger partial charge in [-0.15, -0.1) is 0 Å². The summed E-state index contributed by atoms with van der Waals surface area (Å²) >= 11 is 2.39. The topological polar surface area (TPSA) is 4.36 Å².